The molecule has 0 saturated carbocycles. The van der Waals surface area contributed by atoms with Gasteiger partial charge in [0.25, 0.3) is 0 Å². The van der Waals surface area contributed by atoms with E-state index >= 15 is 0 Å². The van der Waals surface area contributed by atoms with Crippen LogP contribution < -0.4 is 16.4 Å². The van der Waals surface area contributed by atoms with Crippen LogP contribution in [0.5, 0.6) is 0 Å². The molecular formula is C16H27IN4O. The average Bonchev–Trinajstić information content (AvgIpc) is 2.43. The number of amides is 1. The Labute approximate surface area is 150 Å². The average molecular weight is 418 g/mol. The minimum atomic E-state index is 0. The Morgan fingerprint density at radius 3 is 2.73 bits per heavy atom. The van der Waals surface area contributed by atoms with Crippen LogP contribution in [0.2, 0.25) is 0 Å². The van der Waals surface area contributed by atoms with Crippen molar-refractivity contribution in [2.75, 3.05) is 11.9 Å². The molecule has 1 aromatic carbocycles. The van der Waals surface area contributed by atoms with Gasteiger partial charge in [0.15, 0.2) is 5.96 Å². The molecule has 0 fully saturated rings. The zero-order valence-electron chi connectivity index (χ0n) is 13.6. The standard InChI is InChI=1S/C16H26N4O.HI/c1-4-6-15(21)20-14-8-5-7-13(9-14)11-19-16(17)18-10-12(2)3;/h5,7-9,12H,4,6,10-11H2,1-3H3,(H,20,21)(H3,17,18,19);1H. The van der Waals surface area contributed by atoms with Gasteiger partial charge < -0.3 is 16.4 Å². The molecule has 0 aliphatic rings. The summed E-state index contributed by atoms with van der Waals surface area (Å²) in [6.45, 7) is 7.51. The molecule has 5 nitrogen and oxygen atoms in total. The first-order valence-corrected chi connectivity index (χ1v) is 7.43. The first-order chi connectivity index (χ1) is 10.0. The minimum Gasteiger partial charge on any atom is -0.370 e. The maximum Gasteiger partial charge on any atom is 0.224 e. The molecule has 0 aliphatic heterocycles. The molecular weight excluding hydrogens is 391 g/mol. The Kier molecular flexibility index (Phi) is 10.6. The lowest BCUT2D eigenvalue weighted by atomic mass is 10.2. The van der Waals surface area contributed by atoms with Crippen LogP contribution in [0.1, 0.15) is 39.2 Å². The van der Waals surface area contributed by atoms with E-state index in [4.69, 9.17) is 5.73 Å². The second-order valence-electron chi connectivity index (χ2n) is 5.47. The summed E-state index contributed by atoms with van der Waals surface area (Å²) in [4.78, 5) is 15.9. The van der Waals surface area contributed by atoms with Crippen LogP contribution in [0.15, 0.2) is 29.3 Å². The lowest BCUT2D eigenvalue weighted by Crippen LogP contribution is -2.34. The van der Waals surface area contributed by atoms with Gasteiger partial charge in [-0.2, -0.15) is 0 Å². The summed E-state index contributed by atoms with van der Waals surface area (Å²) in [5.74, 6) is 1.01. The van der Waals surface area contributed by atoms with Crippen molar-refractivity contribution in [1.82, 2.24) is 5.32 Å². The van der Waals surface area contributed by atoms with E-state index in [-0.39, 0.29) is 29.9 Å². The van der Waals surface area contributed by atoms with Gasteiger partial charge >= 0.3 is 0 Å². The summed E-state index contributed by atoms with van der Waals surface area (Å²) < 4.78 is 0. The quantitative estimate of drug-likeness (QED) is 0.362. The fourth-order valence-corrected chi connectivity index (χ4v) is 1.74. The lowest BCUT2D eigenvalue weighted by molar-refractivity contribution is -0.116. The van der Waals surface area contributed by atoms with E-state index in [9.17, 15) is 4.79 Å². The van der Waals surface area contributed by atoms with E-state index in [1.807, 2.05) is 31.2 Å². The maximum absolute atomic E-state index is 11.6. The van der Waals surface area contributed by atoms with Gasteiger partial charge in [0.05, 0.1) is 6.54 Å². The van der Waals surface area contributed by atoms with Gasteiger partial charge in [0.1, 0.15) is 0 Å². The van der Waals surface area contributed by atoms with Crippen molar-refractivity contribution >= 4 is 41.5 Å². The van der Waals surface area contributed by atoms with Crippen LogP contribution in [0.25, 0.3) is 0 Å². The molecule has 0 heterocycles. The van der Waals surface area contributed by atoms with Gasteiger partial charge in [0, 0.05) is 18.7 Å². The summed E-state index contributed by atoms with van der Waals surface area (Å²) in [5.41, 5.74) is 7.61. The Morgan fingerprint density at radius 2 is 2.09 bits per heavy atom. The first-order valence-electron chi connectivity index (χ1n) is 7.43. The molecule has 0 aromatic heterocycles. The third kappa shape index (κ3) is 8.86. The maximum atomic E-state index is 11.6. The number of rotatable bonds is 7. The molecule has 22 heavy (non-hydrogen) atoms. The summed E-state index contributed by atoms with van der Waals surface area (Å²) in [7, 11) is 0. The smallest absolute Gasteiger partial charge is 0.224 e. The van der Waals surface area contributed by atoms with Gasteiger partial charge in [0.2, 0.25) is 5.91 Å². The predicted molar refractivity (Wildman–Crippen MR) is 104 cm³/mol. The fraction of sp³-hybridized carbons (Fsp3) is 0.500. The second kappa shape index (κ2) is 11.3. The number of carbonyl (C=O) groups excluding carboxylic acids is 1. The first kappa shape index (κ1) is 20.7. The van der Waals surface area contributed by atoms with E-state index in [1.54, 1.807) is 0 Å². The number of nitrogens with two attached hydrogens (primary N) is 1. The molecule has 0 unspecified atom stereocenters. The molecule has 6 heteroatoms. The van der Waals surface area contributed by atoms with Crippen LogP contribution in [-0.2, 0) is 11.3 Å². The van der Waals surface area contributed by atoms with Crippen molar-refractivity contribution in [3.8, 4) is 0 Å². The van der Waals surface area contributed by atoms with Crippen molar-refractivity contribution in [2.45, 2.75) is 40.2 Å². The molecule has 0 bridgehead atoms. The van der Waals surface area contributed by atoms with Crippen molar-refractivity contribution in [1.29, 1.82) is 0 Å². The minimum absolute atomic E-state index is 0. The van der Waals surface area contributed by atoms with Crippen molar-refractivity contribution in [3.63, 3.8) is 0 Å². The highest BCUT2D eigenvalue weighted by molar-refractivity contribution is 14.0. The molecule has 1 amide bonds. The summed E-state index contributed by atoms with van der Waals surface area (Å²) in [5, 5.41) is 5.95. The Bertz CT molecular complexity index is 489. The lowest BCUT2D eigenvalue weighted by Gasteiger charge is -2.08. The number of anilines is 1. The Balaban J connectivity index is 0.00000441. The highest BCUT2D eigenvalue weighted by Crippen LogP contribution is 2.12. The number of carbonyl (C=O) groups is 1. The molecule has 4 N–H and O–H groups in total. The molecule has 0 radical (unpaired) electrons. The molecule has 0 atom stereocenters. The number of halogens is 1. The van der Waals surface area contributed by atoms with Crippen LogP contribution in [0.4, 0.5) is 5.69 Å². The number of nitrogens with zero attached hydrogens (tertiary/aromatic N) is 1. The van der Waals surface area contributed by atoms with Crippen LogP contribution in [-0.4, -0.2) is 18.4 Å². The zero-order chi connectivity index (χ0) is 15.7. The van der Waals surface area contributed by atoms with Crippen molar-refractivity contribution in [3.05, 3.63) is 29.8 Å². The Morgan fingerprint density at radius 1 is 1.36 bits per heavy atom. The normalized spacial score (nSPS) is 11.0. The van der Waals surface area contributed by atoms with Crippen LogP contribution >= 0.6 is 24.0 Å². The highest BCUT2D eigenvalue weighted by Gasteiger charge is 2.02. The van der Waals surface area contributed by atoms with E-state index in [0.29, 0.717) is 24.8 Å². The largest absolute Gasteiger partial charge is 0.370 e. The van der Waals surface area contributed by atoms with Crippen LogP contribution in [0.3, 0.4) is 0 Å². The summed E-state index contributed by atoms with van der Waals surface area (Å²) >= 11 is 0. The SMILES string of the molecule is CCCC(=O)Nc1cccc(CN=C(N)NCC(C)C)c1.I. The molecule has 0 aliphatic carbocycles. The van der Waals surface area contributed by atoms with Gasteiger partial charge in [-0.1, -0.05) is 32.9 Å². The zero-order valence-corrected chi connectivity index (χ0v) is 15.9. The number of hydrogen-bond donors (Lipinski definition) is 3. The second-order valence-corrected chi connectivity index (χ2v) is 5.47. The van der Waals surface area contributed by atoms with Crippen LogP contribution in [0, 0.1) is 5.92 Å². The van der Waals surface area contributed by atoms with Gasteiger partial charge in [-0.25, -0.2) is 4.99 Å². The molecule has 0 spiro atoms. The Hall–Kier alpha value is -1.31. The van der Waals surface area contributed by atoms with Crippen molar-refractivity contribution < 1.29 is 4.79 Å². The van der Waals surface area contributed by atoms with E-state index in [0.717, 1.165) is 24.2 Å². The van der Waals surface area contributed by atoms with Gasteiger partial charge in [-0.15, -0.1) is 24.0 Å². The number of hydrogen-bond acceptors (Lipinski definition) is 2. The molecule has 0 saturated heterocycles. The number of benzene rings is 1. The van der Waals surface area contributed by atoms with Gasteiger partial charge in [-0.3, -0.25) is 4.79 Å². The molecule has 1 aromatic rings. The summed E-state index contributed by atoms with van der Waals surface area (Å²) in [6, 6.07) is 7.67. The van der Waals surface area contributed by atoms with Crippen molar-refractivity contribution in [2.24, 2.45) is 16.6 Å². The number of aliphatic imine (C=N–C) groups is 1. The monoisotopic (exact) mass is 418 g/mol. The number of nitrogens with one attached hydrogen (secondary N) is 2. The topological polar surface area (TPSA) is 79.5 Å². The van der Waals surface area contributed by atoms with E-state index in [2.05, 4.69) is 29.5 Å². The van der Waals surface area contributed by atoms with E-state index in [1.165, 1.54) is 0 Å². The third-order valence-electron chi connectivity index (χ3n) is 2.81. The summed E-state index contributed by atoms with van der Waals surface area (Å²) in [6.07, 6.45) is 1.38. The molecule has 1 rings (SSSR count). The number of guanidine groups is 1. The highest BCUT2D eigenvalue weighted by atomic mass is 127. The van der Waals surface area contributed by atoms with Gasteiger partial charge in [-0.05, 0) is 30.0 Å². The molecule has 124 valence electrons. The fourth-order valence-electron chi connectivity index (χ4n) is 1.74. The van der Waals surface area contributed by atoms with E-state index < -0.39 is 0 Å². The predicted octanol–water partition coefficient (Wildman–Crippen LogP) is 3.10. The third-order valence-corrected chi connectivity index (χ3v) is 2.81.